The van der Waals surface area contributed by atoms with Crippen molar-refractivity contribution in [1.82, 2.24) is 4.98 Å². The number of aromatic nitrogens is 1. The van der Waals surface area contributed by atoms with Crippen molar-refractivity contribution < 1.29 is 9.53 Å². The van der Waals surface area contributed by atoms with Crippen molar-refractivity contribution in [3.63, 3.8) is 0 Å². The van der Waals surface area contributed by atoms with Crippen molar-refractivity contribution in [2.75, 3.05) is 5.32 Å². The molecule has 0 aliphatic rings. The summed E-state index contributed by atoms with van der Waals surface area (Å²) >= 11 is 3.46. The van der Waals surface area contributed by atoms with Gasteiger partial charge < -0.3 is 10.1 Å². The third kappa shape index (κ3) is 4.29. The smallest absolute Gasteiger partial charge is 0.257 e. The average molecular weight is 411 g/mol. The van der Waals surface area contributed by atoms with E-state index in [-0.39, 0.29) is 5.91 Å². The number of halogens is 1. The first-order valence-electron chi connectivity index (χ1n) is 8.37. The Labute approximate surface area is 161 Å². The van der Waals surface area contributed by atoms with Crippen LogP contribution < -0.4 is 10.1 Å². The monoisotopic (exact) mass is 410 g/mol. The normalized spacial score (nSPS) is 10.4. The Morgan fingerprint density at radius 1 is 1.12 bits per heavy atom. The van der Waals surface area contributed by atoms with Crippen LogP contribution in [0, 0.1) is 6.92 Å². The Kier molecular flexibility index (Phi) is 5.68. The number of rotatable bonds is 5. The molecular weight excluding hydrogens is 392 g/mol. The van der Waals surface area contributed by atoms with Crippen molar-refractivity contribution in [2.24, 2.45) is 0 Å². The van der Waals surface area contributed by atoms with E-state index >= 15 is 0 Å². The summed E-state index contributed by atoms with van der Waals surface area (Å²) in [5, 5.41) is 2.91. The van der Waals surface area contributed by atoms with E-state index in [1.807, 2.05) is 68.4 Å². The van der Waals surface area contributed by atoms with Gasteiger partial charge in [0, 0.05) is 17.4 Å². The summed E-state index contributed by atoms with van der Waals surface area (Å²) in [4.78, 5) is 17.0. The van der Waals surface area contributed by atoms with Gasteiger partial charge in [-0.05, 0) is 65.7 Å². The zero-order chi connectivity index (χ0) is 18.5. The van der Waals surface area contributed by atoms with Crippen LogP contribution in [-0.2, 0) is 6.42 Å². The minimum Gasteiger partial charge on any atom is -0.456 e. The number of carbonyl (C=O) groups excluding carboxylic acids is 1. The van der Waals surface area contributed by atoms with Gasteiger partial charge in [0.15, 0.2) is 0 Å². The number of para-hydroxylation sites is 1. The SMILES string of the molecule is CCc1ccc(C(=O)Nc2cccc(Oc3ccccc3Br)c2)c(C)n1. The van der Waals surface area contributed by atoms with Crippen molar-refractivity contribution in [3.8, 4) is 11.5 Å². The van der Waals surface area contributed by atoms with E-state index in [9.17, 15) is 4.79 Å². The van der Waals surface area contributed by atoms with Crippen LogP contribution in [0.4, 0.5) is 5.69 Å². The molecule has 2 aromatic carbocycles. The molecule has 0 fully saturated rings. The van der Waals surface area contributed by atoms with Crippen LogP contribution in [-0.4, -0.2) is 10.9 Å². The minimum atomic E-state index is -0.185. The van der Waals surface area contributed by atoms with Crippen molar-refractivity contribution >= 4 is 27.5 Å². The molecule has 4 nitrogen and oxygen atoms in total. The number of ether oxygens (including phenoxy) is 1. The number of hydrogen-bond donors (Lipinski definition) is 1. The standard InChI is InChI=1S/C21H19BrN2O2/c1-3-15-11-12-18(14(2)23-15)21(25)24-16-7-6-8-17(13-16)26-20-10-5-4-9-19(20)22/h4-13H,3H2,1-2H3,(H,24,25). The van der Waals surface area contributed by atoms with Gasteiger partial charge in [-0.2, -0.15) is 0 Å². The summed E-state index contributed by atoms with van der Waals surface area (Å²) in [6.07, 6.45) is 0.844. The Morgan fingerprint density at radius 3 is 2.65 bits per heavy atom. The van der Waals surface area contributed by atoms with E-state index in [1.54, 1.807) is 6.07 Å². The second-order valence-electron chi connectivity index (χ2n) is 5.80. The minimum absolute atomic E-state index is 0.185. The molecule has 5 heteroatoms. The topological polar surface area (TPSA) is 51.2 Å². The summed E-state index contributed by atoms with van der Waals surface area (Å²) < 4.78 is 6.75. The molecule has 0 aliphatic carbocycles. The predicted octanol–water partition coefficient (Wildman–Crippen LogP) is 5.76. The van der Waals surface area contributed by atoms with Crippen molar-refractivity contribution in [2.45, 2.75) is 20.3 Å². The molecule has 0 bridgehead atoms. The number of hydrogen-bond acceptors (Lipinski definition) is 3. The number of carbonyl (C=O) groups is 1. The van der Waals surface area contributed by atoms with Gasteiger partial charge in [-0.25, -0.2) is 0 Å². The summed E-state index contributed by atoms with van der Waals surface area (Å²) in [6.45, 7) is 3.89. The highest BCUT2D eigenvalue weighted by Crippen LogP contribution is 2.30. The summed E-state index contributed by atoms with van der Waals surface area (Å²) in [7, 11) is 0. The third-order valence-electron chi connectivity index (χ3n) is 3.91. The lowest BCUT2D eigenvalue weighted by Gasteiger charge is -2.11. The molecule has 0 spiro atoms. The molecular formula is C21H19BrN2O2. The number of nitrogens with one attached hydrogen (secondary N) is 1. The lowest BCUT2D eigenvalue weighted by Crippen LogP contribution is -2.14. The molecule has 0 saturated carbocycles. The van der Waals surface area contributed by atoms with Gasteiger partial charge in [-0.1, -0.05) is 25.1 Å². The summed E-state index contributed by atoms with van der Waals surface area (Å²) in [5.74, 6) is 1.17. The fourth-order valence-electron chi connectivity index (χ4n) is 2.54. The summed E-state index contributed by atoms with van der Waals surface area (Å²) in [5.41, 5.74) is 2.93. The highest BCUT2D eigenvalue weighted by molar-refractivity contribution is 9.10. The van der Waals surface area contributed by atoms with Crippen LogP contribution in [0.5, 0.6) is 11.5 Å². The number of nitrogens with zero attached hydrogens (tertiary/aromatic N) is 1. The van der Waals surface area contributed by atoms with Crippen LogP contribution in [0.3, 0.4) is 0 Å². The largest absolute Gasteiger partial charge is 0.456 e. The number of amides is 1. The number of aryl methyl sites for hydroxylation is 2. The van der Waals surface area contributed by atoms with Crippen LogP contribution in [0.1, 0.15) is 28.7 Å². The number of benzene rings is 2. The maximum absolute atomic E-state index is 12.6. The van der Waals surface area contributed by atoms with E-state index in [2.05, 4.69) is 26.2 Å². The molecule has 26 heavy (non-hydrogen) atoms. The van der Waals surface area contributed by atoms with Gasteiger partial charge in [-0.3, -0.25) is 9.78 Å². The molecule has 1 amide bonds. The second kappa shape index (κ2) is 8.15. The fraction of sp³-hybridized carbons (Fsp3) is 0.143. The molecule has 0 radical (unpaired) electrons. The summed E-state index contributed by atoms with van der Waals surface area (Å²) in [6, 6.07) is 18.6. The Morgan fingerprint density at radius 2 is 1.92 bits per heavy atom. The zero-order valence-corrected chi connectivity index (χ0v) is 16.2. The highest BCUT2D eigenvalue weighted by atomic mass is 79.9. The van der Waals surface area contributed by atoms with Crippen molar-refractivity contribution in [3.05, 3.63) is 82.1 Å². The molecule has 3 aromatic rings. The fourth-order valence-corrected chi connectivity index (χ4v) is 2.91. The highest BCUT2D eigenvalue weighted by Gasteiger charge is 2.11. The Bertz CT molecular complexity index is 941. The molecule has 0 unspecified atom stereocenters. The molecule has 132 valence electrons. The average Bonchev–Trinajstić information content (AvgIpc) is 2.63. The van der Waals surface area contributed by atoms with Gasteiger partial charge in [0.05, 0.1) is 15.7 Å². The van der Waals surface area contributed by atoms with Gasteiger partial charge in [-0.15, -0.1) is 0 Å². The molecule has 1 aromatic heterocycles. The van der Waals surface area contributed by atoms with Gasteiger partial charge in [0.2, 0.25) is 0 Å². The van der Waals surface area contributed by atoms with Crippen LogP contribution >= 0.6 is 15.9 Å². The van der Waals surface area contributed by atoms with Crippen LogP contribution in [0.25, 0.3) is 0 Å². The molecule has 0 saturated heterocycles. The maximum Gasteiger partial charge on any atom is 0.257 e. The second-order valence-corrected chi connectivity index (χ2v) is 6.66. The molecule has 1 N–H and O–H groups in total. The third-order valence-corrected chi connectivity index (χ3v) is 4.56. The quantitative estimate of drug-likeness (QED) is 0.581. The van der Waals surface area contributed by atoms with Gasteiger partial charge in [0.1, 0.15) is 11.5 Å². The molecule has 0 aliphatic heterocycles. The predicted molar refractivity (Wildman–Crippen MR) is 107 cm³/mol. The molecule has 0 atom stereocenters. The maximum atomic E-state index is 12.6. The van der Waals surface area contributed by atoms with Crippen LogP contribution in [0.15, 0.2) is 65.1 Å². The Hall–Kier alpha value is -2.66. The van der Waals surface area contributed by atoms with Crippen molar-refractivity contribution in [1.29, 1.82) is 0 Å². The van der Waals surface area contributed by atoms with E-state index < -0.39 is 0 Å². The van der Waals surface area contributed by atoms with E-state index in [4.69, 9.17) is 4.74 Å². The van der Waals surface area contributed by atoms with E-state index in [0.29, 0.717) is 22.7 Å². The van der Waals surface area contributed by atoms with Crippen LogP contribution in [0.2, 0.25) is 0 Å². The zero-order valence-electron chi connectivity index (χ0n) is 14.6. The molecule has 1 heterocycles. The molecule has 3 rings (SSSR count). The van der Waals surface area contributed by atoms with Gasteiger partial charge >= 0.3 is 0 Å². The first-order valence-corrected chi connectivity index (χ1v) is 9.16. The van der Waals surface area contributed by atoms with Gasteiger partial charge in [0.25, 0.3) is 5.91 Å². The Balaban J connectivity index is 1.76. The van der Waals surface area contributed by atoms with E-state index in [0.717, 1.165) is 22.3 Å². The lowest BCUT2D eigenvalue weighted by atomic mass is 10.1. The first kappa shape index (κ1) is 18.1. The van der Waals surface area contributed by atoms with E-state index in [1.165, 1.54) is 0 Å². The number of anilines is 1. The number of pyridine rings is 1. The lowest BCUT2D eigenvalue weighted by molar-refractivity contribution is 0.102. The first-order chi connectivity index (χ1) is 12.6.